The van der Waals surface area contributed by atoms with Gasteiger partial charge < -0.3 is 14.8 Å². The van der Waals surface area contributed by atoms with Gasteiger partial charge in [-0.3, -0.25) is 14.2 Å². The number of benzene rings is 2. The summed E-state index contributed by atoms with van der Waals surface area (Å²) in [7, 11) is 0. The number of ether oxygens (including phenoxy) is 2. The van der Waals surface area contributed by atoms with Gasteiger partial charge in [0, 0.05) is 11.3 Å². The minimum absolute atomic E-state index is 0.0857. The number of aryl methyl sites for hydroxylation is 1. The Hall–Kier alpha value is -3.33. The van der Waals surface area contributed by atoms with Gasteiger partial charge in [0.05, 0.1) is 19.0 Å². The molecule has 0 radical (unpaired) electrons. The van der Waals surface area contributed by atoms with Gasteiger partial charge in [-0.25, -0.2) is 0 Å². The molecule has 1 aromatic heterocycles. The van der Waals surface area contributed by atoms with Crippen molar-refractivity contribution < 1.29 is 19.1 Å². The average Bonchev–Trinajstić information content (AvgIpc) is 3.21. The van der Waals surface area contributed by atoms with Crippen molar-refractivity contribution in [3.8, 4) is 22.8 Å². The quantitative estimate of drug-likeness (QED) is 0.370. The zero-order chi connectivity index (χ0) is 22.9. The second-order valence-electron chi connectivity index (χ2n) is 6.81. The van der Waals surface area contributed by atoms with Crippen molar-refractivity contribution in [2.45, 2.75) is 25.9 Å². The van der Waals surface area contributed by atoms with E-state index in [9.17, 15) is 9.59 Å². The highest BCUT2D eigenvalue weighted by atomic mass is 32.2. The number of hydrogen-bond donors (Lipinski definition) is 1. The fourth-order valence-corrected chi connectivity index (χ4v) is 3.77. The molecule has 0 unspecified atom stereocenters. The van der Waals surface area contributed by atoms with E-state index < -0.39 is 5.97 Å². The Morgan fingerprint density at radius 3 is 2.53 bits per heavy atom. The molecule has 3 rings (SSSR count). The highest BCUT2D eigenvalue weighted by Gasteiger charge is 2.18. The Balaban J connectivity index is 1.84. The summed E-state index contributed by atoms with van der Waals surface area (Å²) in [6, 6.07) is 15.6. The summed E-state index contributed by atoms with van der Waals surface area (Å²) in [5.74, 6) is 0.773. The number of nitrogens with one attached hydrogen (secondary N) is 1. The Morgan fingerprint density at radius 1 is 1.06 bits per heavy atom. The molecule has 0 saturated carbocycles. The second-order valence-corrected chi connectivity index (χ2v) is 7.75. The van der Waals surface area contributed by atoms with Gasteiger partial charge in [-0.1, -0.05) is 35.5 Å². The van der Waals surface area contributed by atoms with Gasteiger partial charge in [0.15, 0.2) is 11.0 Å². The third-order valence-corrected chi connectivity index (χ3v) is 5.31. The summed E-state index contributed by atoms with van der Waals surface area (Å²) in [4.78, 5) is 23.6. The third-order valence-electron chi connectivity index (χ3n) is 4.38. The first kappa shape index (κ1) is 23.3. The summed E-state index contributed by atoms with van der Waals surface area (Å²) in [6.45, 7) is 6.37. The van der Waals surface area contributed by atoms with Crippen LogP contribution in [0.15, 0.2) is 53.7 Å². The maximum atomic E-state index is 12.2. The molecule has 0 aliphatic heterocycles. The van der Waals surface area contributed by atoms with E-state index in [1.54, 1.807) is 6.92 Å². The molecular formula is C23H26N4O4S. The molecule has 168 valence electrons. The first-order valence-electron chi connectivity index (χ1n) is 10.3. The standard InChI is InChI=1S/C23H26N4O4S/c1-4-30-19-11-9-18(10-12-19)27-22(17-8-6-7-16(3)13-17)25-26-23(27)32-15-20(28)24-14-21(29)31-5-2/h6-13H,4-5,14-15H2,1-3H3,(H,24,28). The Labute approximate surface area is 191 Å². The molecule has 9 heteroatoms. The molecule has 0 aliphatic carbocycles. The fraction of sp³-hybridized carbons (Fsp3) is 0.304. The molecule has 1 heterocycles. The van der Waals surface area contributed by atoms with Crippen molar-refractivity contribution in [1.29, 1.82) is 0 Å². The first-order valence-corrected chi connectivity index (χ1v) is 11.3. The number of thioether (sulfide) groups is 1. The Kier molecular flexibility index (Phi) is 8.27. The van der Waals surface area contributed by atoms with Gasteiger partial charge in [0.2, 0.25) is 5.91 Å². The number of amides is 1. The van der Waals surface area contributed by atoms with Crippen LogP contribution in [0.25, 0.3) is 17.1 Å². The highest BCUT2D eigenvalue weighted by Crippen LogP contribution is 2.29. The lowest BCUT2D eigenvalue weighted by atomic mass is 10.1. The number of hydrogen-bond acceptors (Lipinski definition) is 7. The number of nitrogens with zero attached hydrogens (tertiary/aromatic N) is 3. The van der Waals surface area contributed by atoms with Crippen LogP contribution in [-0.2, 0) is 14.3 Å². The van der Waals surface area contributed by atoms with Crippen LogP contribution in [0.2, 0.25) is 0 Å². The van der Waals surface area contributed by atoms with Gasteiger partial charge >= 0.3 is 5.97 Å². The summed E-state index contributed by atoms with van der Waals surface area (Å²) in [5.41, 5.74) is 2.88. The Bertz CT molecular complexity index is 1070. The van der Waals surface area contributed by atoms with Crippen molar-refractivity contribution >= 4 is 23.6 Å². The van der Waals surface area contributed by atoms with E-state index in [2.05, 4.69) is 15.5 Å². The normalized spacial score (nSPS) is 10.6. The van der Waals surface area contributed by atoms with Gasteiger partial charge in [-0.05, 0) is 51.1 Å². The second kappa shape index (κ2) is 11.3. The predicted molar refractivity (Wildman–Crippen MR) is 123 cm³/mol. The maximum Gasteiger partial charge on any atom is 0.325 e. The van der Waals surface area contributed by atoms with E-state index in [-0.39, 0.29) is 24.8 Å². The van der Waals surface area contributed by atoms with Gasteiger partial charge in [0.25, 0.3) is 0 Å². The van der Waals surface area contributed by atoms with Crippen molar-refractivity contribution in [3.63, 3.8) is 0 Å². The van der Waals surface area contributed by atoms with Gasteiger partial charge in [-0.15, -0.1) is 10.2 Å². The summed E-state index contributed by atoms with van der Waals surface area (Å²) >= 11 is 1.24. The van der Waals surface area contributed by atoms with Crippen LogP contribution in [0.3, 0.4) is 0 Å². The topological polar surface area (TPSA) is 95.3 Å². The molecule has 0 spiro atoms. The smallest absolute Gasteiger partial charge is 0.325 e. The van der Waals surface area contributed by atoms with Crippen LogP contribution < -0.4 is 10.1 Å². The number of carbonyl (C=O) groups excluding carboxylic acids is 2. The maximum absolute atomic E-state index is 12.2. The summed E-state index contributed by atoms with van der Waals surface area (Å²) in [6.07, 6.45) is 0. The van der Waals surface area contributed by atoms with Crippen molar-refractivity contribution in [2.24, 2.45) is 0 Å². The molecule has 1 N–H and O–H groups in total. The van der Waals surface area contributed by atoms with Crippen LogP contribution >= 0.6 is 11.8 Å². The highest BCUT2D eigenvalue weighted by molar-refractivity contribution is 7.99. The van der Waals surface area contributed by atoms with E-state index in [0.29, 0.717) is 17.6 Å². The molecular weight excluding hydrogens is 428 g/mol. The van der Waals surface area contributed by atoms with Gasteiger partial charge in [-0.2, -0.15) is 0 Å². The molecule has 0 bridgehead atoms. The van der Waals surface area contributed by atoms with E-state index in [1.807, 2.05) is 66.9 Å². The lowest BCUT2D eigenvalue weighted by Crippen LogP contribution is -2.31. The van der Waals surface area contributed by atoms with E-state index >= 15 is 0 Å². The van der Waals surface area contributed by atoms with Crippen molar-refractivity contribution in [1.82, 2.24) is 20.1 Å². The van der Waals surface area contributed by atoms with Crippen molar-refractivity contribution in [3.05, 3.63) is 54.1 Å². The first-order chi connectivity index (χ1) is 15.5. The Morgan fingerprint density at radius 2 is 1.84 bits per heavy atom. The van der Waals surface area contributed by atoms with Crippen molar-refractivity contribution in [2.75, 3.05) is 25.5 Å². The third kappa shape index (κ3) is 6.10. The SMILES string of the molecule is CCOC(=O)CNC(=O)CSc1nnc(-c2cccc(C)c2)n1-c1ccc(OCC)cc1. The van der Waals surface area contributed by atoms with Crippen LogP contribution in [0.4, 0.5) is 0 Å². The minimum Gasteiger partial charge on any atom is -0.494 e. The number of esters is 1. The summed E-state index contributed by atoms with van der Waals surface area (Å²) in [5, 5.41) is 11.8. The monoisotopic (exact) mass is 454 g/mol. The largest absolute Gasteiger partial charge is 0.494 e. The van der Waals surface area contributed by atoms with Crippen LogP contribution in [0.5, 0.6) is 5.75 Å². The van der Waals surface area contributed by atoms with Gasteiger partial charge in [0.1, 0.15) is 12.3 Å². The fourth-order valence-electron chi connectivity index (χ4n) is 2.99. The molecule has 0 saturated heterocycles. The summed E-state index contributed by atoms with van der Waals surface area (Å²) < 4.78 is 12.3. The van der Waals surface area contributed by atoms with E-state index in [1.165, 1.54) is 11.8 Å². The molecule has 0 aliphatic rings. The molecule has 0 atom stereocenters. The number of rotatable bonds is 10. The predicted octanol–water partition coefficient (Wildman–Crippen LogP) is 3.41. The zero-order valence-electron chi connectivity index (χ0n) is 18.3. The molecule has 8 nitrogen and oxygen atoms in total. The average molecular weight is 455 g/mol. The van der Waals surface area contributed by atoms with Crippen LogP contribution in [0, 0.1) is 6.92 Å². The minimum atomic E-state index is -0.467. The lowest BCUT2D eigenvalue weighted by molar-refractivity contribution is -0.143. The van der Waals surface area contributed by atoms with E-state index in [0.717, 1.165) is 22.6 Å². The lowest BCUT2D eigenvalue weighted by Gasteiger charge is -2.12. The van der Waals surface area contributed by atoms with Crippen LogP contribution in [-0.4, -0.2) is 52.2 Å². The molecule has 2 aromatic carbocycles. The number of carbonyl (C=O) groups is 2. The van der Waals surface area contributed by atoms with E-state index in [4.69, 9.17) is 9.47 Å². The number of aromatic nitrogens is 3. The van der Waals surface area contributed by atoms with Crippen LogP contribution in [0.1, 0.15) is 19.4 Å². The zero-order valence-corrected chi connectivity index (χ0v) is 19.1. The molecule has 1 amide bonds. The molecule has 0 fully saturated rings. The molecule has 32 heavy (non-hydrogen) atoms. The molecule has 3 aromatic rings.